The topological polar surface area (TPSA) is 126 Å². The Labute approximate surface area is 251 Å². The van der Waals surface area contributed by atoms with Crippen molar-refractivity contribution in [1.82, 2.24) is 10.2 Å². The van der Waals surface area contributed by atoms with Gasteiger partial charge >= 0.3 is 6.03 Å². The van der Waals surface area contributed by atoms with Crippen LogP contribution >= 0.6 is 22.6 Å². The molecule has 0 bridgehead atoms. The molecule has 5 amide bonds. The van der Waals surface area contributed by atoms with Crippen LogP contribution in [0, 0.1) is 17.4 Å². The number of amides is 5. The number of nitrogens with zero attached hydrogens (tertiary/aromatic N) is 1. The van der Waals surface area contributed by atoms with Crippen LogP contribution in [0.1, 0.15) is 23.6 Å². The molecule has 1 fully saturated rings. The summed E-state index contributed by atoms with van der Waals surface area (Å²) in [6.45, 7) is 5.33. The highest BCUT2D eigenvalue weighted by Crippen LogP contribution is 2.35. The van der Waals surface area contributed by atoms with Crippen LogP contribution in [0.15, 0.2) is 66.4 Å². The minimum Gasteiger partial charge on any atom is -0.490 e. The Morgan fingerprint density at radius 1 is 0.927 bits per heavy atom. The Morgan fingerprint density at radius 2 is 1.66 bits per heavy atom. The maximum atomic E-state index is 13.0. The summed E-state index contributed by atoms with van der Waals surface area (Å²) in [6, 6.07) is 17.3. The number of imide groups is 1. The summed E-state index contributed by atoms with van der Waals surface area (Å²) in [7, 11) is 0. The normalized spacial score (nSPS) is 13.7. The number of benzene rings is 3. The van der Waals surface area contributed by atoms with Crippen molar-refractivity contribution in [3.63, 3.8) is 0 Å². The predicted octanol–water partition coefficient (Wildman–Crippen LogP) is 4.86. The number of anilines is 2. The van der Waals surface area contributed by atoms with Crippen molar-refractivity contribution in [1.29, 1.82) is 0 Å². The van der Waals surface area contributed by atoms with Gasteiger partial charge in [-0.25, -0.2) is 9.69 Å². The quantitative estimate of drug-likeness (QED) is 0.161. The zero-order valence-corrected chi connectivity index (χ0v) is 24.9. The Morgan fingerprint density at radius 3 is 2.37 bits per heavy atom. The maximum absolute atomic E-state index is 13.0. The average molecular weight is 668 g/mol. The highest BCUT2D eigenvalue weighted by Gasteiger charge is 2.35. The molecule has 3 N–H and O–H groups in total. The van der Waals surface area contributed by atoms with Crippen molar-refractivity contribution in [2.45, 2.75) is 20.8 Å². The Kier molecular flexibility index (Phi) is 9.61. The first-order valence-corrected chi connectivity index (χ1v) is 13.9. The lowest BCUT2D eigenvalue weighted by Gasteiger charge is -2.15. The molecular weight excluding hydrogens is 639 g/mol. The Bertz CT molecular complexity index is 1520. The third-order valence-corrected chi connectivity index (χ3v) is 6.69. The highest BCUT2D eigenvalue weighted by molar-refractivity contribution is 14.1. The molecule has 11 heteroatoms. The number of carbonyl (C=O) groups excluding carboxylic acids is 4. The van der Waals surface area contributed by atoms with Gasteiger partial charge in [-0.3, -0.25) is 14.4 Å². The molecule has 1 heterocycles. The van der Waals surface area contributed by atoms with Gasteiger partial charge in [-0.2, -0.15) is 0 Å². The average Bonchev–Trinajstić information content (AvgIpc) is 3.17. The van der Waals surface area contributed by atoms with E-state index in [9.17, 15) is 19.2 Å². The first-order valence-electron chi connectivity index (χ1n) is 12.8. The van der Waals surface area contributed by atoms with E-state index >= 15 is 0 Å². The zero-order valence-electron chi connectivity index (χ0n) is 22.7. The minimum absolute atomic E-state index is 0.0164. The van der Waals surface area contributed by atoms with Crippen LogP contribution in [0.25, 0.3) is 6.08 Å². The molecule has 10 nitrogen and oxygen atoms in total. The van der Waals surface area contributed by atoms with E-state index in [0.717, 1.165) is 16.0 Å². The number of aryl methyl sites for hydroxylation is 2. The molecule has 41 heavy (non-hydrogen) atoms. The molecule has 0 aromatic heterocycles. The number of hydrogen-bond acceptors (Lipinski definition) is 6. The summed E-state index contributed by atoms with van der Waals surface area (Å²) in [5.41, 5.74) is 3.86. The van der Waals surface area contributed by atoms with Gasteiger partial charge in [0.05, 0.1) is 10.2 Å². The van der Waals surface area contributed by atoms with Gasteiger partial charge in [0.15, 0.2) is 18.1 Å². The number of nitrogens with one attached hydrogen (secondary N) is 3. The SMILES string of the molecule is CCOc1cc(/C=C2/NC(=O)N(CC(=O)Nc3cccc(C)c3)C2=O)cc(I)c1OCC(=O)Nc1ccc(C)cc1. The summed E-state index contributed by atoms with van der Waals surface area (Å²) in [5.74, 6) is -0.702. The smallest absolute Gasteiger partial charge is 0.329 e. The largest absolute Gasteiger partial charge is 0.490 e. The van der Waals surface area contributed by atoms with E-state index in [1.165, 1.54) is 6.08 Å². The maximum Gasteiger partial charge on any atom is 0.329 e. The number of urea groups is 1. The number of carbonyl (C=O) groups is 4. The molecule has 3 aromatic carbocycles. The van der Waals surface area contributed by atoms with E-state index in [0.29, 0.717) is 38.6 Å². The van der Waals surface area contributed by atoms with E-state index in [1.54, 1.807) is 30.3 Å². The number of hydrogen-bond donors (Lipinski definition) is 3. The fourth-order valence-corrected chi connectivity index (χ4v) is 4.78. The van der Waals surface area contributed by atoms with Crippen molar-refractivity contribution in [3.8, 4) is 11.5 Å². The first-order chi connectivity index (χ1) is 19.6. The lowest BCUT2D eigenvalue weighted by molar-refractivity contribution is -0.127. The highest BCUT2D eigenvalue weighted by atomic mass is 127. The van der Waals surface area contributed by atoms with Crippen molar-refractivity contribution in [2.75, 3.05) is 30.4 Å². The molecule has 3 aromatic rings. The minimum atomic E-state index is -0.695. The molecular formula is C30H29IN4O6. The molecule has 1 aliphatic rings. The number of halogens is 1. The second-order valence-corrected chi connectivity index (χ2v) is 10.4. The molecule has 0 saturated carbocycles. The predicted molar refractivity (Wildman–Crippen MR) is 164 cm³/mol. The van der Waals surface area contributed by atoms with Gasteiger partial charge in [-0.1, -0.05) is 29.8 Å². The van der Waals surface area contributed by atoms with E-state index in [4.69, 9.17) is 9.47 Å². The summed E-state index contributed by atoms with van der Waals surface area (Å²) in [4.78, 5) is 51.2. The molecule has 0 aliphatic carbocycles. The van der Waals surface area contributed by atoms with Gasteiger partial charge < -0.3 is 25.4 Å². The summed E-state index contributed by atoms with van der Waals surface area (Å²) < 4.78 is 12.2. The zero-order chi connectivity index (χ0) is 29.5. The lowest BCUT2D eigenvalue weighted by Crippen LogP contribution is -2.38. The van der Waals surface area contributed by atoms with Gasteiger partial charge in [0, 0.05) is 11.4 Å². The lowest BCUT2D eigenvalue weighted by atomic mass is 10.1. The first kappa shape index (κ1) is 29.6. The third kappa shape index (κ3) is 7.84. The fraction of sp³-hybridized carbons (Fsp3) is 0.200. The third-order valence-electron chi connectivity index (χ3n) is 5.89. The molecule has 0 radical (unpaired) electrons. The number of rotatable bonds is 10. The van der Waals surface area contributed by atoms with Crippen molar-refractivity contribution < 1.29 is 28.7 Å². The molecule has 212 valence electrons. The Balaban J connectivity index is 1.44. The number of ether oxygens (including phenoxy) is 2. The van der Waals surface area contributed by atoms with E-state index in [1.807, 2.05) is 51.1 Å². The molecule has 4 rings (SSSR count). The van der Waals surface area contributed by atoms with Crippen LogP contribution in [-0.4, -0.2) is 48.4 Å². The summed E-state index contributed by atoms with van der Waals surface area (Å²) in [6.07, 6.45) is 1.50. The van der Waals surface area contributed by atoms with Crippen LogP contribution in [-0.2, 0) is 14.4 Å². The van der Waals surface area contributed by atoms with E-state index in [-0.39, 0.29) is 18.2 Å². The van der Waals surface area contributed by atoms with Crippen molar-refractivity contribution in [3.05, 3.63) is 86.6 Å². The van der Waals surface area contributed by atoms with Crippen LogP contribution in [0.5, 0.6) is 11.5 Å². The Hall–Kier alpha value is -4.39. The van der Waals surface area contributed by atoms with Gasteiger partial charge in [0.2, 0.25) is 5.91 Å². The van der Waals surface area contributed by atoms with Gasteiger partial charge in [0.1, 0.15) is 12.2 Å². The van der Waals surface area contributed by atoms with Crippen LogP contribution in [0.2, 0.25) is 0 Å². The standard InChI is InChI=1S/C30H29IN4O6/c1-4-40-25-15-20(13-23(31)28(25)41-17-27(37)32-21-10-8-18(2)9-11-21)14-24-29(38)35(30(39)34-24)16-26(36)33-22-7-5-6-19(3)12-22/h5-15H,4,16-17H2,1-3H3,(H,32,37)(H,33,36)(H,34,39)/b24-14+. The van der Waals surface area contributed by atoms with Crippen LogP contribution in [0.4, 0.5) is 16.2 Å². The summed E-state index contributed by atoms with van der Waals surface area (Å²) >= 11 is 2.05. The molecule has 0 unspecified atom stereocenters. The second-order valence-electron chi connectivity index (χ2n) is 9.26. The van der Waals surface area contributed by atoms with Crippen LogP contribution in [0.3, 0.4) is 0 Å². The van der Waals surface area contributed by atoms with E-state index in [2.05, 4.69) is 38.5 Å². The molecule has 1 saturated heterocycles. The van der Waals surface area contributed by atoms with Gasteiger partial charge in [-0.15, -0.1) is 0 Å². The van der Waals surface area contributed by atoms with Gasteiger partial charge in [-0.05, 0) is 97.0 Å². The van der Waals surface area contributed by atoms with Crippen LogP contribution < -0.4 is 25.4 Å². The monoisotopic (exact) mass is 668 g/mol. The molecule has 1 aliphatic heterocycles. The van der Waals surface area contributed by atoms with Crippen molar-refractivity contribution >= 4 is 63.8 Å². The van der Waals surface area contributed by atoms with E-state index < -0.39 is 24.4 Å². The molecule has 0 spiro atoms. The molecule has 0 atom stereocenters. The summed E-state index contributed by atoms with van der Waals surface area (Å²) in [5, 5.41) is 8.00. The second kappa shape index (κ2) is 13.3. The van der Waals surface area contributed by atoms with Gasteiger partial charge in [0.25, 0.3) is 11.8 Å². The fourth-order valence-electron chi connectivity index (χ4n) is 3.99. The van der Waals surface area contributed by atoms with Crippen molar-refractivity contribution in [2.24, 2.45) is 0 Å².